The highest BCUT2D eigenvalue weighted by molar-refractivity contribution is 5.89. The number of urea groups is 1. The minimum atomic E-state index is -0.724. The maximum atomic E-state index is 12.8. The van der Waals surface area contributed by atoms with Gasteiger partial charge in [0.15, 0.2) is 0 Å². The minimum Gasteiger partial charge on any atom is -0.389 e. The summed E-state index contributed by atoms with van der Waals surface area (Å²) in [5.74, 6) is -0.326. The molecule has 5 nitrogen and oxygen atoms in total. The van der Waals surface area contributed by atoms with Crippen molar-refractivity contribution < 1.29 is 14.3 Å². The largest absolute Gasteiger partial charge is 0.389 e. The van der Waals surface area contributed by atoms with Crippen LogP contribution in [0.2, 0.25) is 0 Å². The second kappa shape index (κ2) is 6.41. The fraction of sp³-hybridized carbons (Fsp3) is 0.533. The summed E-state index contributed by atoms with van der Waals surface area (Å²) in [6, 6.07) is 5.54. The summed E-state index contributed by atoms with van der Waals surface area (Å²) in [6.45, 7) is 6.86. The van der Waals surface area contributed by atoms with Crippen molar-refractivity contribution in [1.82, 2.24) is 9.80 Å². The number of hydrogen-bond acceptors (Lipinski definition) is 3. The number of benzene rings is 1. The molecule has 2 rings (SSSR count). The molecular formula is C15H22FN3O2. The van der Waals surface area contributed by atoms with Crippen molar-refractivity contribution in [2.75, 3.05) is 38.0 Å². The number of nitrogens with zero attached hydrogens (tertiary/aromatic N) is 2. The molecule has 1 aromatic carbocycles. The van der Waals surface area contributed by atoms with Crippen LogP contribution in [0, 0.1) is 5.82 Å². The van der Waals surface area contributed by atoms with Gasteiger partial charge in [0, 0.05) is 38.4 Å². The molecule has 21 heavy (non-hydrogen) atoms. The topological polar surface area (TPSA) is 55.8 Å². The highest BCUT2D eigenvalue weighted by Gasteiger charge is 2.24. The number of anilines is 1. The lowest BCUT2D eigenvalue weighted by molar-refractivity contribution is 0.0231. The minimum absolute atomic E-state index is 0.176. The van der Waals surface area contributed by atoms with Crippen molar-refractivity contribution in [1.29, 1.82) is 0 Å². The molecule has 1 aliphatic heterocycles. The Morgan fingerprint density at radius 2 is 1.81 bits per heavy atom. The molecule has 2 N–H and O–H groups in total. The van der Waals surface area contributed by atoms with Gasteiger partial charge in [0.05, 0.1) is 5.60 Å². The van der Waals surface area contributed by atoms with E-state index >= 15 is 0 Å². The van der Waals surface area contributed by atoms with E-state index in [1.54, 1.807) is 18.7 Å². The van der Waals surface area contributed by atoms with Crippen molar-refractivity contribution >= 4 is 11.7 Å². The van der Waals surface area contributed by atoms with Crippen LogP contribution in [0.4, 0.5) is 14.9 Å². The lowest BCUT2D eigenvalue weighted by Crippen LogP contribution is -2.52. The fourth-order valence-corrected chi connectivity index (χ4v) is 2.39. The third-order valence-electron chi connectivity index (χ3n) is 3.37. The van der Waals surface area contributed by atoms with Gasteiger partial charge in [-0.25, -0.2) is 9.18 Å². The molecule has 1 aromatic rings. The lowest BCUT2D eigenvalue weighted by Gasteiger charge is -2.37. The van der Waals surface area contributed by atoms with Gasteiger partial charge >= 0.3 is 6.03 Å². The number of hydrogen-bond donors (Lipinski definition) is 2. The average molecular weight is 295 g/mol. The summed E-state index contributed by atoms with van der Waals surface area (Å²) in [4.78, 5) is 16.0. The maximum absolute atomic E-state index is 12.8. The highest BCUT2D eigenvalue weighted by atomic mass is 19.1. The van der Waals surface area contributed by atoms with Gasteiger partial charge in [-0.3, -0.25) is 4.90 Å². The highest BCUT2D eigenvalue weighted by Crippen LogP contribution is 2.12. The molecule has 1 heterocycles. The normalized spacial score (nSPS) is 16.9. The molecule has 1 saturated heterocycles. The Morgan fingerprint density at radius 1 is 1.24 bits per heavy atom. The van der Waals surface area contributed by atoms with Gasteiger partial charge in [0.2, 0.25) is 0 Å². The molecule has 116 valence electrons. The van der Waals surface area contributed by atoms with Crippen LogP contribution in [-0.2, 0) is 0 Å². The van der Waals surface area contributed by atoms with Crippen LogP contribution in [0.1, 0.15) is 13.8 Å². The maximum Gasteiger partial charge on any atom is 0.321 e. The second-order valence-corrected chi connectivity index (χ2v) is 6.01. The van der Waals surface area contributed by atoms with E-state index in [1.807, 2.05) is 0 Å². The Kier molecular flexibility index (Phi) is 4.80. The number of aliphatic hydroxyl groups is 1. The molecule has 0 bridgehead atoms. The molecular weight excluding hydrogens is 273 g/mol. The number of rotatable bonds is 3. The standard InChI is InChI=1S/C15H22FN3O2/c1-15(2,21)11-18-7-9-19(10-8-18)14(20)17-13-5-3-12(16)4-6-13/h3-6,21H,7-11H2,1-2H3,(H,17,20). The van der Waals surface area contributed by atoms with E-state index in [1.165, 1.54) is 24.3 Å². The van der Waals surface area contributed by atoms with Gasteiger partial charge in [-0.1, -0.05) is 0 Å². The van der Waals surface area contributed by atoms with E-state index in [2.05, 4.69) is 10.2 Å². The molecule has 1 fully saturated rings. The Labute approximate surface area is 124 Å². The second-order valence-electron chi connectivity index (χ2n) is 6.01. The quantitative estimate of drug-likeness (QED) is 0.893. The van der Waals surface area contributed by atoms with Crippen LogP contribution >= 0.6 is 0 Å². The fourth-order valence-electron chi connectivity index (χ4n) is 2.39. The van der Waals surface area contributed by atoms with Crippen LogP contribution in [0.25, 0.3) is 0 Å². The summed E-state index contributed by atoms with van der Waals surface area (Å²) in [7, 11) is 0. The predicted octanol–water partition coefficient (Wildman–Crippen LogP) is 1.75. The molecule has 2 amide bonds. The number of amides is 2. The SMILES string of the molecule is CC(C)(O)CN1CCN(C(=O)Nc2ccc(F)cc2)CC1. The van der Waals surface area contributed by atoms with Crippen LogP contribution in [-0.4, -0.2) is 59.3 Å². The Bertz CT molecular complexity index is 477. The Hall–Kier alpha value is -1.66. The van der Waals surface area contributed by atoms with E-state index in [4.69, 9.17) is 0 Å². The number of β-amino-alcohol motifs (C(OH)–C–C–N with tert-alkyl or cyclic N) is 1. The lowest BCUT2D eigenvalue weighted by atomic mass is 10.1. The monoisotopic (exact) mass is 295 g/mol. The third-order valence-corrected chi connectivity index (χ3v) is 3.37. The Morgan fingerprint density at radius 3 is 2.33 bits per heavy atom. The van der Waals surface area contributed by atoms with Crippen LogP contribution in [0.15, 0.2) is 24.3 Å². The number of nitrogens with one attached hydrogen (secondary N) is 1. The van der Waals surface area contributed by atoms with E-state index in [0.717, 1.165) is 13.1 Å². The van der Waals surface area contributed by atoms with Crippen LogP contribution in [0.3, 0.4) is 0 Å². The summed E-state index contributed by atoms with van der Waals surface area (Å²) in [5.41, 5.74) is -0.140. The first kappa shape index (κ1) is 15.7. The molecule has 0 aromatic heterocycles. The first-order valence-electron chi connectivity index (χ1n) is 7.10. The van der Waals surface area contributed by atoms with Gasteiger partial charge in [-0.2, -0.15) is 0 Å². The third kappa shape index (κ3) is 4.99. The smallest absolute Gasteiger partial charge is 0.321 e. The molecule has 0 unspecified atom stereocenters. The van der Waals surface area contributed by atoms with Gasteiger partial charge in [-0.05, 0) is 38.1 Å². The van der Waals surface area contributed by atoms with E-state index < -0.39 is 5.60 Å². The van der Waals surface area contributed by atoms with E-state index in [0.29, 0.717) is 25.3 Å². The summed E-state index contributed by atoms with van der Waals surface area (Å²) < 4.78 is 12.8. The molecule has 0 spiro atoms. The van der Waals surface area contributed by atoms with Crippen LogP contribution < -0.4 is 5.32 Å². The zero-order valence-electron chi connectivity index (χ0n) is 12.5. The van der Waals surface area contributed by atoms with Crippen molar-refractivity contribution in [3.8, 4) is 0 Å². The van der Waals surface area contributed by atoms with Crippen molar-refractivity contribution in [3.05, 3.63) is 30.1 Å². The van der Waals surface area contributed by atoms with Crippen molar-refractivity contribution in [2.45, 2.75) is 19.4 Å². The first-order chi connectivity index (χ1) is 9.83. The molecule has 0 saturated carbocycles. The number of piperazine rings is 1. The number of carbonyl (C=O) groups excluding carboxylic acids is 1. The van der Waals surface area contributed by atoms with Crippen molar-refractivity contribution in [2.24, 2.45) is 0 Å². The van der Waals surface area contributed by atoms with E-state index in [-0.39, 0.29) is 11.8 Å². The first-order valence-corrected chi connectivity index (χ1v) is 7.10. The summed E-state index contributed by atoms with van der Waals surface area (Å²) in [5, 5.41) is 12.6. The van der Waals surface area contributed by atoms with Gasteiger partial charge in [0.1, 0.15) is 5.82 Å². The number of halogens is 1. The van der Waals surface area contributed by atoms with Gasteiger partial charge < -0.3 is 15.3 Å². The Balaban J connectivity index is 1.81. The zero-order chi connectivity index (χ0) is 15.5. The summed E-state index contributed by atoms with van der Waals surface area (Å²) in [6.07, 6.45) is 0. The number of carbonyl (C=O) groups is 1. The van der Waals surface area contributed by atoms with Crippen molar-refractivity contribution in [3.63, 3.8) is 0 Å². The molecule has 6 heteroatoms. The molecule has 1 aliphatic rings. The van der Waals surface area contributed by atoms with Gasteiger partial charge in [-0.15, -0.1) is 0 Å². The van der Waals surface area contributed by atoms with E-state index in [9.17, 15) is 14.3 Å². The summed E-state index contributed by atoms with van der Waals surface area (Å²) >= 11 is 0. The van der Waals surface area contributed by atoms with Crippen LogP contribution in [0.5, 0.6) is 0 Å². The molecule has 0 aliphatic carbocycles. The zero-order valence-corrected chi connectivity index (χ0v) is 12.5. The molecule has 0 atom stereocenters. The average Bonchev–Trinajstić information content (AvgIpc) is 2.40. The molecule has 0 radical (unpaired) electrons. The van der Waals surface area contributed by atoms with Gasteiger partial charge in [0.25, 0.3) is 0 Å². The predicted molar refractivity (Wildman–Crippen MR) is 79.7 cm³/mol.